The van der Waals surface area contributed by atoms with E-state index in [9.17, 15) is 4.79 Å². The number of aromatic nitrogens is 2. The van der Waals surface area contributed by atoms with Gasteiger partial charge in [0.15, 0.2) is 5.82 Å². The van der Waals surface area contributed by atoms with E-state index in [-0.39, 0.29) is 12.0 Å². The molecule has 6 nitrogen and oxygen atoms in total. The van der Waals surface area contributed by atoms with Gasteiger partial charge in [-0.15, -0.1) is 0 Å². The number of carbonyl (C=O) groups excluding carboxylic acids is 1. The lowest BCUT2D eigenvalue weighted by Crippen LogP contribution is -2.42. The van der Waals surface area contributed by atoms with Crippen molar-refractivity contribution >= 4 is 6.09 Å². The van der Waals surface area contributed by atoms with Crippen molar-refractivity contribution in [1.82, 2.24) is 15.0 Å². The van der Waals surface area contributed by atoms with Crippen LogP contribution in [-0.2, 0) is 4.74 Å². The molecule has 1 aliphatic carbocycles. The number of piperidine rings is 1. The van der Waals surface area contributed by atoms with Gasteiger partial charge in [-0.05, 0) is 46.5 Å². The molecular weight excluding hydrogens is 270 g/mol. The zero-order chi connectivity index (χ0) is 15.0. The van der Waals surface area contributed by atoms with Gasteiger partial charge in [-0.1, -0.05) is 5.16 Å². The summed E-state index contributed by atoms with van der Waals surface area (Å²) in [5.74, 6) is 2.13. The molecular formula is C15H23N3O3. The molecule has 0 spiro atoms. The van der Waals surface area contributed by atoms with E-state index in [1.165, 1.54) is 0 Å². The van der Waals surface area contributed by atoms with Gasteiger partial charge in [0.05, 0.1) is 5.92 Å². The molecule has 116 valence electrons. The third-order valence-corrected chi connectivity index (χ3v) is 3.82. The molecule has 0 bridgehead atoms. The minimum Gasteiger partial charge on any atom is -0.444 e. The van der Waals surface area contributed by atoms with E-state index in [1.54, 1.807) is 4.90 Å². The largest absolute Gasteiger partial charge is 0.444 e. The Kier molecular flexibility index (Phi) is 3.63. The number of hydrogen-bond donors (Lipinski definition) is 0. The molecule has 1 aliphatic heterocycles. The molecule has 1 atom stereocenters. The van der Waals surface area contributed by atoms with Crippen LogP contribution in [0.15, 0.2) is 4.52 Å². The lowest BCUT2D eigenvalue weighted by molar-refractivity contribution is 0.0189. The first-order valence-electron chi connectivity index (χ1n) is 7.74. The number of carbonyl (C=O) groups is 1. The topological polar surface area (TPSA) is 68.5 Å². The van der Waals surface area contributed by atoms with E-state index < -0.39 is 5.60 Å². The van der Waals surface area contributed by atoms with Gasteiger partial charge in [0.2, 0.25) is 5.89 Å². The van der Waals surface area contributed by atoms with E-state index in [0.717, 1.165) is 38.1 Å². The van der Waals surface area contributed by atoms with Gasteiger partial charge < -0.3 is 14.2 Å². The molecule has 3 rings (SSSR count). The van der Waals surface area contributed by atoms with Crippen LogP contribution < -0.4 is 0 Å². The molecule has 1 saturated heterocycles. The molecule has 1 aromatic rings. The Balaban J connectivity index is 1.63. The smallest absolute Gasteiger partial charge is 0.410 e. The molecule has 0 N–H and O–H groups in total. The minimum atomic E-state index is -0.465. The molecule has 0 unspecified atom stereocenters. The summed E-state index contributed by atoms with van der Waals surface area (Å²) in [5, 5.41) is 4.06. The summed E-state index contributed by atoms with van der Waals surface area (Å²) in [5.41, 5.74) is -0.465. The van der Waals surface area contributed by atoms with Crippen molar-refractivity contribution in [1.29, 1.82) is 0 Å². The Morgan fingerprint density at radius 3 is 2.71 bits per heavy atom. The first-order chi connectivity index (χ1) is 9.92. The Bertz CT molecular complexity index is 516. The van der Waals surface area contributed by atoms with Crippen LogP contribution in [0.1, 0.15) is 70.0 Å². The highest BCUT2D eigenvalue weighted by Gasteiger charge is 2.33. The maximum Gasteiger partial charge on any atom is 0.410 e. The van der Waals surface area contributed by atoms with Crippen LogP contribution in [-0.4, -0.2) is 39.8 Å². The van der Waals surface area contributed by atoms with Crippen molar-refractivity contribution in [3.05, 3.63) is 11.7 Å². The molecule has 1 amide bonds. The van der Waals surface area contributed by atoms with Crippen molar-refractivity contribution in [2.24, 2.45) is 0 Å². The number of ether oxygens (including phenoxy) is 1. The fourth-order valence-corrected chi connectivity index (χ4v) is 2.59. The van der Waals surface area contributed by atoms with Crippen molar-refractivity contribution in [2.45, 2.75) is 63.9 Å². The fourth-order valence-electron chi connectivity index (χ4n) is 2.59. The fraction of sp³-hybridized carbons (Fsp3) is 0.800. The van der Waals surface area contributed by atoms with Crippen molar-refractivity contribution in [2.75, 3.05) is 13.1 Å². The SMILES string of the molecule is CC(C)(C)OC(=O)N1CCC[C@H](c2nc(C3CC3)no2)C1. The number of nitrogens with zero attached hydrogens (tertiary/aromatic N) is 3. The van der Waals surface area contributed by atoms with Gasteiger partial charge in [-0.3, -0.25) is 0 Å². The van der Waals surface area contributed by atoms with Crippen LogP contribution in [0.2, 0.25) is 0 Å². The van der Waals surface area contributed by atoms with Gasteiger partial charge in [0.1, 0.15) is 5.60 Å². The molecule has 0 aromatic carbocycles. The van der Waals surface area contributed by atoms with Crippen molar-refractivity contribution in [3.63, 3.8) is 0 Å². The van der Waals surface area contributed by atoms with Crippen LogP contribution in [0.4, 0.5) is 4.79 Å². The Labute approximate surface area is 124 Å². The summed E-state index contributed by atoms with van der Waals surface area (Å²) in [6.45, 7) is 6.97. The lowest BCUT2D eigenvalue weighted by atomic mass is 9.98. The molecule has 1 saturated carbocycles. The minimum absolute atomic E-state index is 0.131. The Hall–Kier alpha value is -1.59. The first kappa shape index (κ1) is 14.4. The van der Waals surface area contributed by atoms with E-state index in [4.69, 9.17) is 9.26 Å². The third kappa shape index (κ3) is 3.54. The first-order valence-corrected chi connectivity index (χ1v) is 7.74. The van der Waals surface area contributed by atoms with Crippen molar-refractivity contribution < 1.29 is 14.1 Å². The van der Waals surface area contributed by atoms with Crippen LogP contribution in [0.25, 0.3) is 0 Å². The zero-order valence-electron chi connectivity index (χ0n) is 13.0. The summed E-state index contributed by atoms with van der Waals surface area (Å²) in [6, 6.07) is 0. The number of hydrogen-bond acceptors (Lipinski definition) is 5. The van der Waals surface area contributed by atoms with Gasteiger partial charge in [0.25, 0.3) is 0 Å². The van der Waals surface area contributed by atoms with Gasteiger partial charge in [0, 0.05) is 19.0 Å². The highest BCUT2D eigenvalue weighted by atomic mass is 16.6. The normalized spacial score (nSPS) is 23.2. The van der Waals surface area contributed by atoms with E-state index in [0.29, 0.717) is 18.4 Å². The molecule has 0 radical (unpaired) electrons. The maximum absolute atomic E-state index is 12.2. The third-order valence-electron chi connectivity index (χ3n) is 3.82. The molecule has 6 heteroatoms. The summed E-state index contributed by atoms with van der Waals surface area (Å²) < 4.78 is 10.8. The number of rotatable bonds is 2. The highest BCUT2D eigenvalue weighted by Crippen LogP contribution is 2.39. The molecule has 2 fully saturated rings. The highest BCUT2D eigenvalue weighted by molar-refractivity contribution is 5.68. The van der Waals surface area contributed by atoms with Gasteiger partial charge in [-0.25, -0.2) is 4.79 Å². The second kappa shape index (κ2) is 5.31. The molecule has 2 heterocycles. The Morgan fingerprint density at radius 1 is 1.29 bits per heavy atom. The average Bonchev–Trinajstić information content (AvgIpc) is 3.15. The summed E-state index contributed by atoms with van der Waals surface area (Å²) >= 11 is 0. The second-order valence-corrected chi connectivity index (χ2v) is 7.03. The molecule has 1 aromatic heterocycles. The van der Waals surface area contributed by atoms with E-state index in [2.05, 4.69) is 10.1 Å². The predicted octanol–water partition coefficient (Wildman–Crippen LogP) is 3.06. The second-order valence-electron chi connectivity index (χ2n) is 7.03. The standard InChI is InChI=1S/C15H23N3O3/c1-15(2,3)20-14(19)18-8-4-5-11(9-18)13-16-12(17-21-13)10-6-7-10/h10-11H,4-9H2,1-3H3/t11-/m0/s1. The van der Waals surface area contributed by atoms with Crippen LogP contribution >= 0.6 is 0 Å². The Morgan fingerprint density at radius 2 is 2.05 bits per heavy atom. The summed E-state index contributed by atoms with van der Waals surface area (Å²) in [4.78, 5) is 18.4. The number of likely N-dealkylation sites (tertiary alicyclic amines) is 1. The molecule has 2 aliphatic rings. The molecule has 21 heavy (non-hydrogen) atoms. The van der Waals surface area contributed by atoms with Gasteiger partial charge >= 0.3 is 6.09 Å². The van der Waals surface area contributed by atoms with E-state index >= 15 is 0 Å². The van der Waals surface area contributed by atoms with Crippen LogP contribution in [0.3, 0.4) is 0 Å². The van der Waals surface area contributed by atoms with E-state index in [1.807, 2.05) is 20.8 Å². The van der Waals surface area contributed by atoms with Crippen LogP contribution in [0, 0.1) is 0 Å². The monoisotopic (exact) mass is 293 g/mol. The summed E-state index contributed by atoms with van der Waals surface area (Å²) in [7, 11) is 0. The zero-order valence-corrected chi connectivity index (χ0v) is 13.0. The van der Waals surface area contributed by atoms with Crippen molar-refractivity contribution in [3.8, 4) is 0 Å². The predicted molar refractivity (Wildman–Crippen MR) is 76.1 cm³/mol. The average molecular weight is 293 g/mol. The number of amides is 1. The van der Waals surface area contributed by atoms with Gasteiger partial charge in [-0.2, -0.15) is 4.98 Å². The maximum atomic E-state index is 12.2. The summed E-state index contributed by atoms with van der Waals surface area (Å²) in [6.07, 6.45) is 3.98. The quantitative estimate of drug-likeness (QED) is 0.838. The van der Waals surface area contributed by atoms with Crippen LogP contribution in [0.5, 0.6) is 0 Å². The lowest BCUT2D eigenvalue weighted by Gasteiger charge is -2.32.